The minimum atomic E-state index is 0. The third kappa shape index (κ3) is 7.22. The first-order valence-corrected chi connectivity index (χ1v) is 10.2. The summed E-state index contributed by atoms with van der Waals surface area (Å²) < 4.78 is 0. The zero-order valence-corrected chi connectivity index (χ0v) is 19.6. The molecule has 7 heteroatoms. The zero-order valence-electron chi connectivity index (χ0n) is 15.6. The van der Waals surface area contributed by atoms with E-state index in [-0.39, 0.29) is 29.4 Å². The van der Waals surface area contributed by atoms with Crippen LogP contribution in [0, 0.1) is 0 Å². The number of aliphatic imine (C=N–C) groups is 1. The summed E-state index contributed by atoms with van der Waals surface area (Å²) in [5.74, 6) is 1.32. The van der Waals surface area contributed by atoms with Crippen LogP contribution in [0.4, 0.5) is 0 Å². The maximum absolute atomic E-state index is 4.71. The number of hydrogen-bond donors (Lipinski definition) is 2. The van der Waals surface area contributed by atoms with Crippen molar-refractivity contribution < 1.29 is 0 Å². The highest BCUT2D eigenvalue weighted by atomic mass is 127. The lowest BCUT2D eigenvalue weighted by atomic mass is 9.98. The highest BCUT2D eigenvalue weighted by Crippen LogP contribution is 2.25. The first kappa shape index (κ1) is 22.4. The molecule has 1 unspecified atom stereocenters. The third-order valence-electron chi connectivity index (χ3n) is 3.62. The number of aromatic nitrogens is 1. The Morgan fingerprint density at radius 3 is 2.60 bits per heavy atom. The molecule has 2 heterocycles. The number of guanidine groups is 1. The van der Waals surface area contributed by atoms with Crippen molar-refractivity contribution >= 4 is 52.6 Å². The molecule has 2 rings (SSSR count). The highest BCUT2D eigenvalue weighted by molar-refractivity contribution is 14.0. The molecule has 0 bridgehead atoms. The SMILES string of the molecule is CCNC(=NCc1csc(C(C)(C)C)n1)NCC(C)c1ccsc1.I. The molecule has 25 heavy (non-hydrogen) atoms. The molecule has 0 saturated carbocycles. The zero-order chi connectivity index (χ0) is 17.6. The third-order valence-corrected chi connectivity index (χ3v) is 5.64. The molecule has 4 nitrogen and oxygen atoms in total. The van der Waals surface area contributed by atoms with Crippen molar-refractivity contribution in [1.29, 1.82) is 0 Å². The number of thiophene rings is 1. The van der Waals surface area contributed by atoms with E-state index in [4.69, 9.17) is 4.98 Å². The van der Waals surface area contributed by atoms with Crippen molar-refractivity contribution in [2.45, 2.75) is 52.5 Å². The minimum Gasteiger partial charge on any atom is -0.357 e. The molecule has 0 amide bonds. The van der Waals surface area contributed by atoms with Gasteiger partial charge in [0.15, 0.2) is 5.96 Å². The van der Waals surface area contributed by atoms with E-state index in [2.05, 4.69) is 72.5 Å². The lowest BCUT2D eigenvalue weighted by Gasteiger charge is -2.15. The monoisotopic (exact) mass is 492 g/mol. The van der Waals surface area contributed by atoms with Gasteiger partial charge in [-0.05, 0) is 35.2 Å². The molecule has 2 aromatic heterocycles. The van der Waals surface area contributed by atoms with Gasteiger partial charge in [-0.25, -0.2) is 9.98 Å². The Balaban J connectivity index is 0.00000312. The summed E-state index contributed by atoms with van der Waals surface area (Å²) in [4.78, 5) is 9.38. The molecule has 0 aliphatic heterocycles. The second-order valence-electron chi connectivity index (χ2n) is 6.93. The fraction of sp³-hybridized carbons (Fsp3) is 0.556. The topological polar surface area (TPSA) is 49.3 Å². The molecule has 140 valence electrons. The van der Waals surface area contributed by atoms with Crippen molar-refractivity contribution in [3.63, 3.8) is 0 Å². The Kier molecular flexibility index (Phi) is 9.37. The van der Waals surface area contributed by atoms with Crippen molar-refractivity contribution in [3.8, 4) is 0 Å². The predicted molar refractivity (Wildman–Crippen MR) is 122 cm³/mol. The average Bonchev–Trinajstić information content (AvgIpc) is 3.20. The highest BCUT2D eigenvalue weighted by Gasteiger charge is 2.17. The van der Waals surface area contributed by atoms with Crippen LogP contribution in [-0.4, -0.2) is 24.0 Å². The van der Waals surface area contributed by atoms with Gasteiger partial charge in [0, 0.05) is 23.9 Å². The first-order valence-electron chi connectivity index (χ1n) is 8.39. The van der Waals surface area contributed by atoms with Crippen molar-refractivity contribution in [2.24, 2.45) is 4.99 Å². The van der Waals surface area contributed by atoms with Crippen LogP contribution in [0.1, 0.15) is 56.8 Å². The lowest BCUT2D eigenvalue weighted by Crippen LogP contribution is -2.39. The van der Waals surface area contributed by atoms with Gasteiger partial charge in [0.25, 0.3) is 0 Å². The molecule has 0 aliphatic carbocycles. The van der Waals surface area contributed by atoms with Crippen LogP contribution in [0.5, 0.6) is 0 Å². The Labute approximate surface area is 176 Å². The number of halogens is 1. The summed E-state index contributed by atoms with van der Waals surface area (Å²) in [5, 5.41) is 14.4. The van der Waals surface area contributed by atoms with E-state index in [0.29, 0.717) is 12.5 Å². The number of nitrogens with one attached hydrogen (secondary N) is 2. The van der Waals surface area contributed by atoms with Crippen LogP contribution < -0.4 is 10.6 Å². The van der Waals surface area contributed by atoms with Gasteiger partial charge in [-0.15, -0.1) is 35.3 Å². The molecular weight excluding hydrogens is 463 g/mol. The minimum absolute atomic E-state index is 0. The van der Waals surface area contributed by atoms with E-state index in [1.165, 1.54) is 5.56 Å². The molecule has 0 radical (unpaired) electrons. The second kappa shape index (κ2) is 10.5. The molecule has 2 aromatic rings. The van der Waals surface area contributed by atoms with Gasteiger partial charge < -0.3 is 10.6 Å². The second-order valence-corrected chi connectivity index (χ2v) is 8.57. The van der Waals surface area contributed by atoms with E-state index in [9.17, 15) is 0 Å². The molecule has 0 spiro atoms. The smallest absolute Gasteiger partial charge is 0.191 e. The lowest BCUT2D eigenvalue weighted by molar-refractivity contribution is 0.583. The fourth-order valence-electron chi connectivity index (χ4n) is 2.15. The molecule has 0 saturated heterocycles. The number of thiazole rings is 1. The summed E-state index contributed by atoms with van der Waals surface area (Å²) in [6.45, 7) is 13.2. The van der Waals surface area contributed by atoms with Gasteiger partial charge in [-0.2, -0.15) is 11.3 Å². The number of nitrogens with zero attached hydrogens (tertiary/aromatic N) is 2. The van der Waals surface area contributed by atoms with Crippen LogP contribution in [-0.2, 0) is 12.0 Å². The van der Waals surface area contributed by atoms with E-state index < -0.39 is 0 Å². The number of rotatable bonds is 6. The summed E-state index contributed by atoms with van der Waals surface area (Å²) in [7, 11) is 0. The van der Waals surface area contributed by atoms with Gasteiger partial charge in [0.1, 0.15) is 0 Å². The van der Waals surface area contributed by atoms with Gasteiger partial charge >= 0.3 is 0 Å². The van der Waals surface area contributed by atoms with Crippen LogP contribution in [0.3, 0.4) is 0 Å². The fourth-order valence-corrected chi connectivity index (χ4v) is 3.83. The van der Waals surface area contributed by atoms with Crippen molar-refractivity contribution in [3.05, 3.63) is 38.5 Å². The largest absolute Gasteiger partial charge is 0.357 e. The summed E-state index contributed by atoms with van der Waals surface area (Å²) in [6, 6.07) is 2.18. The molecular formula is C18H29IN4S2. The first-order chi connectivity index (χ1) is 11.4. The van der Waals surface area contributed by atoms with E-state index in [1.54, 1.807) is 22.7 Å². The summed E-state index contributed by atoms with van der Waals surface area (Å²) in [5.41, 5.74) is 2.51. The molecule has 0 aromatic carbocycles. The molecule has 0 fully saturated rings. The van der Waals surface area contributed by atoms with Crippen molar-refractivity contribution in [2.75, 3.05) is 13.1 Å². The molecule has 0 aliphatic rings. The van der Waals surface area contributed by atoms with Gasteiger partial charge in [0.2, 0.25) is 0 Å². The summed E-state index contributed by atoms with van der Waals surface area (Å²) >= 11 is 3.46. The van der Waals surface area contributed by atoms with Crippen molar-refractivity contribution in [1.82, 2.24) is 15.6 Å². The normalized spacial score (nSPS) is 13.2. The Bertz CT molecular complexity index is 644. The van der Waals surface area contributed by atoms with E-state index in [1.807, 2.05) is 0 Å². The summed E-state index contributed by atoms with van der Waals surface area (Å²) in [6.07, 6.45) is 0. The van der Waals surface area contributed by atoms with Crippen LogP contribution in [0.2, 0.25) is 0 Å². The quantitative estimate of drug-likeness (QED) is 0.340. The van der Waals surface area contributed by atoms with Crippen LogP contribution in [0.15, 0.2) is 27.2 Å². The van der Waals surface area contributed by atoms with Crippen LogP contribution in [0.25, 0.3) is 0 Å². The molecule has 2 N–H and O–H groups in total. The van der Waals surface area contributed by atoms with Gasteiger partial charge in [0.05, 0.1) is 17.2 Å². The predicted octanol–water partition coefficient (Wildman–Crippen LogP) is 4.98. The number of hydrogen-bond acceptors (Lipinski definition) is 4. The maximum Gasteiger partial charge on any atom is 0.191 e. The Morgan fingerprint density at radius 2 is 2.04 bits per heavy atom. The van der Waals surface area contributed by atoms with E-state index >= 15 is 0 Å². The Morgan fingerprint density at radius 1 is 1.28 bits per heavy atom. The van der Waals surface area contributed by atoms with Gasteiger partial charge in [-0.1, -0.05) is 27.7 Å². The Hall–Kier alpha value is -0.670. The van der Waals surface area contributed by atoms with E-state index in [0.717, 1.165) is 29.8 Å². The van der Waals surface area contributed by atoms with Crippen LogP contribution >= 0.6 is 46.7 Å². The van der Waals surface area contributed by atoms with Gasteiger partial charge in [-0.3, -0.25) is 0 Å². The molecule has 1 atom stereocenters. The maximum atomic E-state index is 4.71. The standard InChI is InChI=1S/C18H28N4S2.HI/c1-6-19-17(20-9-13(2)14-7-8-23-11-14)21-10-15-12-24-16(22-15)18(3,4)5;/h7-8,11-13H,6,9-10H2,1-5H3,(H2,19,20,21);1H. The average molecular weight is 492 g/mol.